The number of piperidine rings is 1. The summed E-state index contributed by atoms with van der Waals surface area (Å²) in [7, 11) is 0. The Balaban J connectivity index is 0.00000342. The number of fused-ring (bicyclic) bond motifs is 1. The van der Waals surface area contributed by atoms with Gasteiger partial charge in [0, 0.05) is 18.7 Å². The molecule has 1 saturated heterocycles. The molecule has 192 valence electrons. The van der Waals surface area contributed by atoms with Gasteiger partial charge < -0.3 is 21.1 Å². The number of nitrogens with one attached hydrogen (secondary N) is 3. The molecule has 0 aromatic heterocycles. The van der Waals surface area contributed by atoms with Crippen molar-refractivity contribution < 1.29 is 19.5 Å². The van der Waals surface area contributed by atoms with E-state index in [1.807, 2.05) is 12.1 Å². The molecule has 2 aliphatic carbocycles. The summed E-state index contributed by atoms with van der Waals surface area (Å²) in [5, 5.41) is 22.6. The number of carboxylic acids is 1. The molecule has 3 atom stereocenters. The highest BCUT2D eigenvalue weighted by atomic mass is 35.5. The summed E-state index contributed by atoms with van der Waals surface area (Å²) < 4.78 is 0. The Labute approximate surface area is 212 Å². The molecule has 9 nitrogen and oxygen atoms in total. The van der Waals surface area contributed by atoms with E-state index < -0.39 is 17.6 Å². The summed E-state index contributed by atoms with van der Waals surface area (Å²) in [4.78, 5) is 39.8. The van der Waals surface area contributed by atoms with Crippen LogP contribution in [-0.4, -0.2) is 58.3 Å². The van der Waals surface area contributed by atoms with Crippen LogP contribution >= 0.6 is 12.4 Å². The van der Waals surface area contributed by atoms with Crippen molar-refractivity contribution >= 4 is 36.0 Å². The molecule has 2 saturated carbocycles. The maximum atomic E-state index is 13.6. The van der Waals surface area contributed by atoms with E-state index >= 15 is 0 Å². The Morgan fingerprint density at radius 2 is 1.83 bits per heavy atom. The van der Waals surface area contributed by atoms with Gasteiger partial charge in [-0.2, -0.15) is 0 Å². The van der Waals surface area contributed by atoms with Gasteiger partial charge in [-0.15, -0.1) is 12.4 Å². The summed E-state index contributed by atoms with van der Waals surface area (Å²) in [6.07, 6.45) is 7.71. The Morgan fingerprint density at radius 1 is 1.14 bits per heavy atom. The summed E-state index contributed by atoms with van der Waals surface area (Å²) in [5.41, 5.74) is 6.20. The molecular weight excluding hydrogens is 470 g/mol. The Kier molecular flexibility index (Phi) is 8.77. The van der Waals surface area contributed by atoms with Crippen molar-refractivity contribution in [3.05, 3.63) is 35.4 Å². The molecule has 3 fully saturated rings. The van der Waals surface area contributed by atoms with Crippen LogP contribution in [0, 0.1) is 17.2 Å². The van der Waals surface area contributed by atoms with Gasteiger partial charge >= 0.3 is 5.97 Å². The number of nitrogens with zero attached hydrogens (tertiary/aromatic N) is 1. The van der Waals surface area contributed by atoms with Crippen LogP contribution in [0.15, 0.2) is 24.3 Å². The van der Waals surface area contributed by atoms with E-state index in [0.717, 1.165) is 37.7 Å². The number of rotatable bonds is 10. The van der Waals surface area contributed by atoms with Crippen molar-refractivity contribution in [1.29, 1.82) is 5.41 Å². The minimum atomic E-state index is -0.990. The lowest BCUT2D eigenvalue weighted by atomic mass is 9.84. The molecule has 35 heavy (non-hydrogen) atoms. The zero-order valence-electron chi connectivity index (χ0n) is 19.9. The van der Waals surface area contributed by atoms with Crippen LogP contribution in [0.3, 0.4) is 0 Å². The number of amides is 2. The lowest BCUT2D eigenvalue weighted by Gasteiger charge is -2.33. The number of carbonyl (C=O) groups excluding carboxylic acids is 2. The van der Waals surface area contributed by atoms with Gasteiger partial charge in [-0.05, 0) is 36.7 Å². The molecule has 2 amide bonds. The third kappa shape index (κ3) is 5.95. The molecule has 1 heterocycles. The van der Waals surface area contributed by atoms with Crippen LogP contribution in [0.1, 0.15) is 62.5 Å². The number of likely N-dealkylation sites (tertiary alicyclic amines) is 1. The molecule has 1 aromatic rings. The van der Waals surface area contributed by atoms with E-state index in [0.29, 0.717) is 37.4 Å². The standard InChI is InChI=1S/C25H35N5O4.ClH/c26-22(27)18-8-6-17(7-9-18)14-29-24(34)25-13-19(25)10-11-30(25)23(33)20(28-15-21(31)32)12-16-4-2-1-3-5-16;/h6-9,16,19-20,28H,1-5,10-15H2,(H3,26,27)(H,29,34)(H,31,32);1H/t19-,20-,25+;/m1./s1. The van der Waals surface area contributed by atoms with Crippen LogP contribution in [-0.2, 0) is 20.9 Å². The second kappa shape index (κ2) is 11.4. The average Bonchev–Trinajstić information content (AvgIpc) is 3.45. The van der Waals surface area contributed by atoms with E-state index in [1.54, 1.807) is 17.0 Å². The zero-order chi connectivity index (χ0) is 24.3. The summed E-state index contributed by atoms with van der Waals surface area (Å²) in [6.45, 7) is 0.590. The number of nitrogen functional groups attached to an aromatic ring is 1. The average molecular weight is 506 g/mol. The van der Waals surface area contributed by atoms with E-state index in [9.17, 15) is 14.4 Å². The first kappa shape index (κ1) is 26.9. The van der Waals surface area contributed by atoms with Crippen molar-refractivity contribution in [3.63, 3.8) is 0 Å². The fraction of sp³-hybridized carbons (Fsp3) is 0.600. The number of amidine groups is 1. The van der Waals surface area contributed by atoms with Gasteiger partial charge in [-0.3, -0.25) is 25.1 Å². The quantitative estimate of drug-likeness (QED) is 0.242. The van der Waals surface area contributed by atoms with Gasteiger partial charge in [-0.1, -0.05) is 56.4 Å². The minimum absolute atomic E-state index is 0. The zero-order valence-corrected chi connectivity index (χ0v) is 20.7. The Hall–Kier alpha value is -2.65. The number of aliphatic carboxylic acids is 1. The molecule has 1 aromatic carbocycles. The molecule has 10 heteroatoms. The van der Waals surface area contributed by atoms with E-state index in [4.69, 9.17) is 16.2 Å². The first-order valence-electron chi connectivity index (χ1n) is 12.3. The monoisotopic (exact) mass is 505 g/mol. The largest absolute Gasteiger partial charge is 0.480 e. The van der Waals surface area contributed by atoms with Gasteiger partial charge in [-0.25, -0.2) is 0 Å². The number of benzene rings is 1. The highest BCUT2D eigenvalue weighted by Crippen LogP contribution is 2.56. The van der Waals surface area contributed by atoms with Crippen molar-refractivity contribution in [2.75, 3.05) is 13.1 Å². The molecule has 1 aliphatic heterocycles. The van der Waals surface area contributed by atoms with Crippen LogP contribution in [0.2, 0.25) is 0 Å². The van der Waals surface area contributed by atoms with Gasteiger partial charge in [0.25, 0.3) is 0 Å². The topological polar surface area (TPSA) is 149 Å². The van der Waals surface area contributed by atoms with Crippen molar-refractivity contribution in [3.8, 4) is 0 Å². The maximum Gasteiger partial charge on any atom is 0.317 e. The van der Waals surface area contributed by atoms with Crippen molar-refractivity contribution in [2.24, 2.45) is 17.6 Å². The SMILES string of the molecule is Cl.N=C(N)c1ccc(CNC(=O)[C@]23C[C@H]2CCN3C(=O)[C@@H](CC2CCCCC2)NCC(=O)O)cc1. The number of hydrogen-bond acceptors (Lipinski definition) is 5. The lowest BCUT2D eigenvalue weighted by Crippen LogP contribution is -2.56. The third-order valence-corrected chi connectivity index (χ3v) is 7.72. The van der Waals surface area contributed by atoms with Crippen LogP contribution < -0.4 is 16.4 Å². The van der Waals surface area contributed by atoms with E-state index in [2.05, 4.69) is 10.6 Å². The maximum absolute atomic E-state index is 13.6. The molecule has 0 radical (unpaired) electrons. The molecule has 0 spiro atoms. The van der Waals surface area contributed by atoms with Crippen LogP contribution in [0.4, 0.5) is 0 Å². The fourth-order valence-corrected chi connectivity index (χ4v) is 5.74. The highest BCUT2D eigenvalue weighted by molar-refractivity contribution is 5.97. The second-order valence-electron chi connectivity index (χ2n) is 9.96. The van der Waals surface area contributed by atoms with E-state index in [-0.39, 0.29) is 42.5 Å². The predicted molar refractivity (Wildman–Crippen MR) is 134 cm³/mol. The molecular formula is C25H36ClN5O4. The number of hydrogen-bond donors (Lipinski definition) is 5. The van der Waals surface area contributed by atoms with Gasteiger partial charge in [0.05, 0.1) is 12.6 Å². The smallest absolute Gasteiger partial charge is 0.317 e. The first-order chi connectivity index (χ1) is 16.3. The van der Waals surface area contributed by atoms with Crippen LogP contribution in [0.25, 0.3) is 0 Å². The number of nitrogens with two attached hydrogens (primary N) is 1. The molecule has 0 bridgehead atoms. The molecule has 3 aliphatic rings. The Morgan fingerprint density at radius 3 is 2.43 bits per heavy atom. The van der Waals surface area contributed by atoms with Crippen molar-refractivity contribution in [1.82, 2.24) is 15.5 Å². The van der Waals surface area contributed by atoms with Gasteiger partial charge in [0.15, 0.2) is 0 Å². The van der Waals surface area contributed by atoms with Crippen LogP contribution in [0.5, 0.6) is 0 Å². The number of carbonyl (C=O) groups is 3. The fourth-order valence-electron chi connectivity index (χ4n) is 5.74. The predicted octanol–water partition coefficient (Wildman–Crippen LogP) is 2.01. The highest BCUT2D eigenvalue weighted by Gasteiger charge is 2.68. The summed E-state index contributed by atoms with van der Waals surface area (Å²) >= 11 is 0. The Bertz CT molecular complexity index is 950. The normalized spacial score (nSPS) is 24.1. The molecule has 4 rings (SSSR count). The first-order valence-corrected chi connectivity index (χ1v) is 12.3. The van der Waals surface area contributed by atoms with E-state index in [1.165, 1.54) is 6.42 Å². The molecule has 6 N–H and O–H groups in total. The van der Waals surface area contributed by atoms with Gasteiger partial charge in [0.1, 0.15) is 11.4 Å². The number of carboxylic acid groups (broad SMARTS) is 1. The third-order valence-electron chi connectivity index (χ3n) is 7.72. The summed E-state index contributed by atoms with van der Waals surface area (Å²) in [5.74, 6) is -0.720. The summed E-state index contributed by atoms with van der Waals surface area (Å²) in [6, 6.07) is 6.57. The number of halogens is 1. The second-order valence-corrected chi connectivity index (χ2v) is 9.96. The minimum Gasteiger partial charge on any atom is -0.480 e. The lowest BCUT2D eigenvalue weighted by molar-refractivity contribution is -0.143. The van der Waals surface area contributed by atoms with Crippen molar-refractivity contribution in [2.45, 2.75) is 69.5 Å². The van der Waals surface area contributed by atoms with Gasteiger partial charge in [0.2, 0.25) is 11.8 Å². The molecule has 0 unspecified atom stereocenters.